The van der Waals surface area contributed by atoms with Gasteiger partial charge in [-0.3, -0.25) is 14.9 Å². The molecule has 6 nitrogen and oxygen atoms in total. The maximum atomic E-state index is 11.4. The molecule has 0 aliphatic heterocycles. The van der Waals surface area contributed by atoms with Gasteiger partial charge in [-0.15, -0.1) is 0 Å². The van der Waals surface area contributed by atoms with Gasteiger partial charge in [0.1, 0.15) is 17.1 Å². The van der Waals surface area contributed by atoms with Crippen molar-refractivity contribution in [2.45, 2.75) is 19.3 Å². The second kappa shape index (κ2) is 5.79. The number of carboxylic acid groups (broad SMARTS) is 1. The lowest BCUT2D eigenvalue weighted by Crippen LogP contribution is -2.14. The van der Waals surface area contributed by atoms with Gasteiger partial charge < -0.3 is 5.11 Å². The summed E-state index contributed by atoms with van der Waals surface area (Å²) < 4.78 is 0. The number of hydrogen-bond acceptors (Lipinski definition) is 5. The van der Waals surface area contributed by atoms with Crippen LogP contribution in [0.1, 0.15) is 22.1 Å². The highest BCUT2D eigenvalue weighted by molar-refractivity contribution is 7.15. The molecule has 104 valence electrons. The van der Waals surface area contributed by atoms with Crippen LogP contribution < -0.4 is 0 Å². The summed E-state index contributed by atoms with van der Waals surface area (Å²) in [5, 5.41) is 20.1. The van der Waals surface area contributed by atoms with Gasteiger partial charge in [0, 0.05) is 0 Å². The molecular formula is C13H12N2O4S. The molecule has 0 spiro atoms. The largest absolute Gasteiger partial charge is 0.481 e. The van der Waals surface area contributed by atoms with Crippen LogP contribution in [0.3, 0.4) is 0 Å². The molecule has 0 aliphatic rings. The van der Waals surface area contributed by atoms with E-state index < -0.39 is 16.8 Å². The Morgan fingerprint density at radius 2 is 2.20 bits per heavy atom. The highest BCUT2D eigenvalue weighted by atomic mass is 32.1. The van der Waals surface area contributed by atoms with Crippen molar-refractivity contribution in [1.29, 1.82) is 0 Å². The van der Waals surface area contributed by atoms with Gasteiger partial charge in [0.05, 0.1) is 4.92 Å². The van der Waals surface area contributed by atoms with Crippen LogP contribution in [0.25, 0.3) is 0 Å². The van der Waals surface area contributed by atoms with Crippen molar-refractivity contribution in [3.63, 3.8) is 0 Å². The third-order valence-corrected chi connectivity index (χ3v) is 4.04. The molecule has 1 aromatic heterocycles. The smallest absolute Gasteiger partial charge is 0.343 e. The minimum absolute atomic E-state index is 0.143. The molecule has 2 rings (SSSR count). The Labute approximate surface area is 118 Å². The summed E-state index contributed by atoms with van der Waals surface area (Å²) in [7, 11) is 0. The molecule has 0 saturated heterocycles. The van der Waals surface area contributed by atoms with Crippen LogP contribution in [0, 0.1) is 17.0 Å². The van der Waals surface area contributed by atoms with E-state index in [0.29, 0.717) is 0 Å². The number of aromatic nitrogens is 1. The second-order valence-electron chi connectivity index (χ2n) is 4.32. The van der Waals surface area contributed by atoms with Gasteiger partial charge in [-0.25, -0.2) is 4.98 Å². The standard InChI is InChI=1S/C13H12N2O4S/c1-8-4-2-3-5-9(8)6-10(13(16)17)12-14-7-11(20-12)15(18)19/h2-5,7,10H,6H2,1H3,(H,16,17). The summed E-state index contributed by atoms with van der Waals surface area (Å²) in [5.41, 5.74) is 1.89. The number of nitrogens with zero attached hydrogens (tertiary/aromatic N) is 2. The van der Waals surface area contributed by atoms with E-state index in [4.69, 9.17) is 0 Å². The van der Waals surface area contributed by atoms with Crippen LogP contribution in [0.15, 0.2) is 30.5 Å². The Balaban J connectivity index is 2.30. The summed E-state index contributed by atoms with van der Waals surface area (Å²) in [4.78, 5) is 25.4. The molecular weight excluding hydrogens is 280 g/mol. The minimum Gasteiger partial charge on any atom is -0.481 e. The number of benzene rings is 1. The first-order valence-corrected chi connectivity index (χ1v) is 6.68. The van der Waals surface area contributed by atoms with Crippen LogP contribution in [0.4, 0.5) is 5.00 Å². The second-order valence-corrected chi connectivity index (χ2v) is 5.36. The van der Waals surface area contributed by atoms with Crippen molar-refractivity contribution in [2.75, 3.05) is 0 Å². The van der Waals surface area contributed by atoms with E-state index >= 15 is 0 Å². The SMILES string of the molecule is Cc1ccccc1CC(C(=O)O)c1ncc([N+](=O)[O-])s1. The first-order valence-electron chi connectivity index (χ1n) is 5.86. The van der Waals surface area contributed by atoms with Crippen molar-refractivity contribution in [3.8, 4) is 0 Å². The fourth-order valence-corrected chi connectivity index (χ4v) is 2.69. The average Bonchev–Trinajstić information content (AvgIpc) is 2.87. The maximum Gasteiger partial charge on any atom is 0.343 e. The topological polar surface area (TPSA) is 93.3 Å². The first kappa shape index (κ1) is 14.1. The summed E-state index contributed by atoms with van der Waals surface area (Å²) >= 11 is 0.811. The van der Waals surface area contributed by atoms with E-state index in [0.717, 1.165) is 28.7 Å². The van der Waals surface area contributed by atoms with Gasteiger partial charge in [0.2, 0.25) is 0 Å². The first-order chi connectivity index (χ1) is 9.49. The number of thiazole rings is 1. The molecule has 20 heavy (non-hydrogen) atoms. The molecule has 0 saturated carbocycles. The third-order valence-electron chi connectivity index (χ3n) is 2.97. The molecule has 2 aromatic rings. The average molecular weight is 292 g/mol. The minimum atomic E-state index is -1.03. The fourth-order valence-electron chi connectivity index (χ4n) is 1.86. The zero-order valence-corrected chi connectivity index (χ0v) is 11.5. The number of aryl methyl sites for hydroxylation is 1. The molecule has 0 radical (unpaired) electrons. The summed E-state index contributed by atoms with van der Waals surface area (Å²) in [6.45, 7) is 1.90. The molecule has 0 bridgehead atoms. The summed E-state index contributed by atoms with van der Waals surface area (Å²) in [6.07, 6.45) is 1.38. The number of rotatable bonds is 5. The van der Waals surface area contributed by atoms with Crippen molar-refractivity contribution in [2.24, 2.45) is 0 Å². The molecule has 1 atom stereocenters. The number of nitro groups is 1. The predicted molar refractivity (Wildman–Crippen MR) is 74.0 cm³/mol. The normalized spacial score (nSPS) is 12.1. The van der Waals surface area contributed by atoms with Gasteiger partial charge in [0.15, 0.2) is 0 Å². The lowest BCUT2D eigenvalue weighted by molar-refractivity contribution is -0.380. The van der Waals surface area contributed by atoms with Crippen molar-refractivity contribution in [1.82, 2.24) is 4.98 Å². The zero-order chi connectivity index (χ0) is 14.7. The van der Waals surface area contributed by atoms with E-state index in [1.54, 1.807) is 0 Å². The molecule has 1 aromatic carbocycles. The Morgan fingerprint density at radius 1 is 1.50 bits per heavy atom. The maximum absolute atomic E-state index is 11.4. The van der Waals surface area contributed by atoms with E-state index in [2.05, 4.69) is 4.98 Å². The van der Waals surface area contributed by atoms with Gasteiger partial charge in [-0.1, -0.05) is 24.3 Å². The van der Waals surface area contributed by atoms with Crippen LogP contribution in [-0.4, -0.2) is 21.0 Å². The van der Waals surface area contributed by atoms with Crippen LogP contribution in [-0.2, 0) is 11.2 Å². The van der Waals surface area contributed by atoms with Gasteiger partial charge >= 0.3 is 11.0 Å². The van der Waals surface area contributed by atoms with Crippen molar-refractivity contribution in [3.05, 3.63) is 56.7 Å². The Hall–Kier alpha value is -2.28. The van der Waals surface area contributed by atoms with Crippen molar-refractivity contribution >= 4 is 22.3 Å². The lowest BCUT2D eigenvalue weighted by atomic mass is 9.97. The van der Waals surface area contributed by atoms with Crippen LogP contribution >= 0.6 is 11.3 Å². The molecule has 0 amide bonds. The summed E-state index contributed by atoms with van der Waals surface area (Å²) in [6, 6.07) is 7.47. The Bertz CT molecular complexity index is 653. The van der Waals surface area contributed by atoms with Gasteiger partial charge in [0.25, 0.3) is 0 Å². The lowest BCUT2D eigenvalue weighted by Gasteiger charge is -2.11. The monoisotopic (exact) mass is 292 g/mol. The highest BCUT2D eigenvalue weighted by Gasteiger charge is 2.26. The van der Waals surface area contributed by atoms with E-state index in [1.165, 1.54) is 0 Å². The Kier molecular flexibility index (Phi) is 4.09. The molecule has 1 N–H and O–H groups in total. The van der Waals surface area contributed by atoms with E-state index in [1.807, 2.05) is 31.2 Å². The summed E-state index contributed by atoms with van der Waals surface area (Å²) in [5.74, 6) is -1.90. The quantitative estimate of drug-likeness (QED) is 0.675. The molecule has 7 heteroatoms. The molecule has 0 aliphatic carbocycles. The van der Waals surface area contributed by atoms with Crippen LogP contribution in [0.2, 0.25) is 0 Å². The van der Waals surface area contributed by atoms with Crippen LogP contribution in [0.5, 0.6) is 0 Å². The van der Waals surface area contributed by atoms with Crippen molar-refractivity contribution < 1.29 is 14.8 Å². The third kappa shape index (κ3) is 3.00. The fraction of sp³-hybridized carbons (Fsp3) is 0.231. The number of hydrogen-bond donors (Lipinski definition) is 1. The number of carboxylic acids is 1. The van der Waals surface area contributed by atoms with Gasteiger partial charge in [-0.05, 0) is 35.8 Å². The van der Waals surface area contributed by atoms with E-state index in [9.17, 15) is 20.0 Å². The van der Waals surface area contributed by atoms with Gasteiger partial charge in [-0.2, -0.15) is 0 Å². The number of aliphatic carboxylic acids is 1. The van der Waals surface area contributed by atoms with E-state index in [-0.39, 0.29) is 16.4 Å². The zero-order valence-electron chi connectivity index (χ0n) is 10.6. The molecule has 1 heterocycles. The highest BCUT2D eigenvalue weighted by Crippen LogP contribution is 2.30. The Morgan fingerprint density at radius 3 is 2.75 bits per heavy atom. The molecule has 0 fully saturated rings. The number of carbonyl (C=O) groups is 1. The predicted octanol–water partition coefficient (Wildman–Crippen LogP) is 2.77. The molecule has 1 unspecified atom stereocenters.